The first-order valence-electron chi connectivity index (χ1n) is 5.61. The molecule has 0 amide bonds. The molecule has 0 heterocycles. The van der Waals surface area contributed by atoms with Crippen LogP contribution in [0.4, 0.5) is 13.2 Å². The van der Waals surface area contributed by atoms with Crippen LogP contribution in [0.5, 0.6) is 5.75 Å². The van der Waals surface area contributed by atoms with Crippen LogP contribution in [0.15, 0.2) is 18.2 Å². The van der Waals surface area contributed by atoms with E-state index in [1.54, 1.807) is 0 Å². The zero-order valence-electron chi connectivity index (χ0n) is 10.5. The Labute approximate surface area is 116 Å². The molecule has 0 spiro atoms. The molecule has 0 unspecified atom stereocenters. The molecule has 7 heteroatoms. The van der Waals surface area contributed by atoms with Crippen molar-refractivity contribution in [3.63, 3.8) is 0 Å². The standard InChI is InChI=1S/C12H17F3N2O.ClH/c1-18-11-7-8(12(13,14)15)4-5-9(11)10(17)3-2-6-16;/h4-5,7,10H,2-3,6,16-17H2,1H3;1H/t10-;/m0./s1. The second-order valence-corrected chi connectivity index (χ2v) is 3.99. The van der Waals surface area contributed by atoms with E-state index in [1.807, 2.05) is 0 Å². The van der Waals surface area contributed by atoms with Gasteiger partial charge in [0, 0.05) is 11.6 Å². The number of hydrogen-bond donors (Lipinski definition) is 2. The van der Waals surface area contributed by atoms with Crippen molar-refractivity contribution in [2.45, 2.75) is 25.1 Å². The molecule has 19 heavy (non-hydrogen) atoms. The molecular formula is C12H18ClF3N2O. The summed E-state index contributed by atoms with van der Waals surface area (Å²) >= 11 is 0. The summed E-state index contributed by atoms with van der Waals surface area (Å²) in [6.07, 6.45) is -3.06. The van der Waals surface area contributed by atoms with E-state index >= 15 is 0 Å². The molecule has 0 aliphatic rings. The number of alkyl halides is 3. The third-order valence-electron chi connectivity index (χ3n) is 2.68. The van der Waals surface area contributed by atoms with Crippen LogP contribution in [-0.2, 0) is 6.18 Å². The average Bonchev–Trinajstić information content (AvgIpc) is 2.34. The highest BCUT2D eigenvalue weighted by Gasteiger charge is 2.31. The number of halogens is 4. The van der Waals surface area contributed by atoms with E-state index in [1.165, 1.54) is 13.2 Å². The van der Waals surface area contributed by atoms with Crippen LogP contribution in [0.2, 0.25) is 0 Å². The van der Waals surface area contributed by atoms with E-state index in [0.29, 0.717) is 24.9 Å². The second kappa shape index (κ2) is 7.57. The van der Waals surface area contributed by atoms with Gasteiger partial charge in [-0.25, -0.2) is 0 Å². The monoisotopic (exact) mass is 298 g/mol. The van der Waals surface area contributed by atoms with Gasteiger partial charge in [0.05, 0.1) is 12.7 Å². The summed E-state index contributed by atoms with van der Waals surface area (Å²) in [5.74, 6) is 0.161. The van der Waals surface area contributed by atoms with Crippen molar-refractivity contribution in [3.8, 4) is 5.75 Å². The molecule has 0 aliphatic heterocycles. The molecule has 0 aromatic heterocycles. The molecule has 3 nitrogen and oxygen atoms in total. The van der Waals surface area contributed by atoms with Gasteiger partial charge in [-0.15, -0.1) is 12.4 Å². The first kappa shape index (κ1) is 18.0. The van der Waals surface area contributed by atoms with Gasteiger partial charge in [0.25, 0.3) is 0 Å². The van der Waals surface area contributed by atoms with Gasteiger partial charge in [-0.3, -0.25) is 0 Å². The highest BCUT2D eigenvalue weighted by atomic mass is 35.5. The summed E-state index contributed by atoms with van der Waals surface area (Å²) in [6.45, 7) is 0.497. The van der Waals surface area contributed by atoms with Gasteiger partial charge < -0.3 is 16.2 Å². The zero-order chi connectivity index (χ0) is 13.8. The molecular weight excluding hydrogens is 281 g/mol. The molecule has 1 atom stereocenters. The van der Waals surface area contributed by atoms with Crippen LogP contribution < -0.4 is 16.2 Å². The Hall–Kier alpha value is -0.980. The van der Waals surface area contributed by atoms with Crippen molar-refractivity contribution in [2.75, 3.05) is 13.7 Å². The maximum atomic E-state index is 12.5. The van der Waals surface area contributed by atoms with E-state index in [2.05, 4.69) is 0 Å². The highest BCUT2D eigenvalue weighted by Crippen LogP contribution is 2.35. The molecule has 1 rings (SSSR count). The van der Waals surface area contributed by atoms with Gasteiger partial charge in [-0.2, -0.15) is 13.2 Å². The van der Waals surface area contributed by atoms with Gasteiger partial charge in [0.2, 0.25) is 0 Å². The summed E-state index contributed by atoms with van der Waals surface area (Å²) in [5, 5.41) is 0. The molecule has 1 aromatic carbocycles. The van der Waals surface area contributed by atoms with Gasteiger partial charge >= 0.3 is 6.18 Å². The first-order chi connectivity index (χ1) is 8.40. The molecule has 0 aliphatic carbocycles. The normalized spacial score (nSPS) is 12.7. The van der Waals surface area contributed by atoms with Crippen molar-refractivity contribution >= 4 is 12.4 Å². The van der Waals surface area contributed by atoms with E-state index in [4.69, 9.17) is 16.2 Å². The molecule has 0 saturated heterocycles. The lowest BCUT2D eigenvalue weighted by Gasteiger charge is -2.17. The minimum Gasteiger partial charge on any atom is -0.496 e. The molecule has 0 radical (unpaired) electrons. The van der Waals surface area contributed by atoms with E-state index in [9.17, 15) is 13.2 Å². The SMILES string of the molecule is COc1cc(C(F)(F)F)ccc1[C@@H](N)CCCN.Cl. The second-order valence-electron chi connectivity index (χ2n) is 3.99. The van der Waals surface area contributed by atoms with Crippen LogP contribution in [0, 0.1) is 0 Å². The quantitative estimate of drug-likeness (QED) is 0.878. The fourth-order valence-corrected chi connectivity index (χ4v) is 1.69. The third-order valence-corrected chi connectivity index (χ3v) is 2.68. The van der Waals surface area contributed by atoms with Crippen molar-refractivity contribution in [3.05, 3.63) is 29.3 Å². The van der Waals surface area contributed by atoms with Gasteiger partial charge in [-0.1, -0.05) is 6.07 Å². The number of benzene rings is 1. The lowest BCUT2D eigenvalue weighted by molar-refractivity contribution is -0.137. The topological polar surface area (TPSA) is 61.3 Å². The highest BCUT2D eigenvalue weighted by molar-refractivity contribution is 5.85. The fourth-order valence-electron chi connectivity index (χ4n) is 1.69. The summed E-state index contributed by atoms with van der Waals surface area (Å²) in [7, 11) is 1.33. The fraction of sp³-hybridized carbons (Fsp3) is 0.500. The van der Waals surface area contributed by atoms with Crippen LogP contribution in [0.25, 0.3) is 0 Å². The van der Waals surface area contributed by atoms with Gasteiger partial charge in [0.15, 0.2) is 0 Å². The summed E-state index contributed by atoms with van der Waals surface area (Å²) in [4.78, 5) is 0. The lowest BCUT2D eigenvalue weighted by atomic mass is 10.00. The van der Waals surface area contributed by atoms with Crippen LogP contribution in [0.1, 0.15) is 30.0 Å². The predicted molar refractivity (Wildman–Crippen MR) is 70.5 cm³/mol. The first-order valence-corrected chi connectivity index (χ1v) is 5.61. The zero-order valence-corrected chi connectivity index (χ0v) is 11.4. The van der Waals surface area contributed by atoms with Gasteiger partial charge in [-0.05, 0) is 31.5 Å². The number of rotatable bonds is 5. The molecule has 110 valence electrons. The molecule has 1 aromatic rings. The molecule has 0 fully saturated rings. The van der Waals surface area contributed by atoms with Crippen LogP contribution in [-0.4, -0.2) is 13.7 Å². The maximum absolute atomic E-state index is 12.5. The predicted octanol–water partition coefficient (Wildman–Crippen LogP) is 2.87. The average molecular weight is 299 g/mol. The summed E-state index contributed by atoms with van der Waals surface area (Å²) in [6, 6.07) is 2.98. The smallest absolute Gasteiger partial charge is 0.416 e. The third kappa shape index (κ3) is 4.89. The van der Waals surface area contributed by atoms with Crippen LogP contribution >= 0.6 is 12.4 Å². The maximum Gasteiger partial charge on any atom is 0.416 e. The van der Waals surface area contributed by atoms with Crippen molar-refractivity contribution in [2.24, 2.45) is 11.5 Å². The van der Waals surface area contributed by atoms with Crippen LogP contribution in [0.3, 0.4) is 0 Å². The largest absolute Gasteiger partial charge is 0.496 e. The lowest BCUT2D eigenvalue weighted by Crippen LogP contribution is -2.14. The van der Waals surface area contributed by atoms with E-state index < -0.39 is 11.7 Å². The Morgan fingerprint density at radius 3 is 2.42 bits per heavy atom. The Bertz CT molecular complexity index is 399. The Morgan fingerprint density at radius 1 is 1.32 bits per heavy atom. The van der Waals surface area contributed by atoms with Crippen molar-refractivity contribution in [1.82, 2.24) is 0 Å². The van der Waals surface area contributed by atoms with Crippen molar-refractivity contribution in [1.29, 1.82) is 0 Å². The Morgan fingerprint density at radius 2 is 1.95 bits per heavy atom. The van der Waals surface area contributed by atoms with E-state index in [0.717, 1.165) is 12.1 Å². The van der Waals surface area contributed by atoms with Gasteiger partial charge in [0.1, 0.15) is 5.75 Å². The molecule has 0 saturated carbocycles. The molecule has 0 bridgehead atoms. The van der Waals surface area contributed by atoms with Crippen molar-refractivity contribution < 1.29 is 17.9 Å². The number of hydrogen-bond acceptors (Lipinski definition) is 3. The Balaban J connectivity index is 0.00000324. The Kier molecular flexibility index (Phi) is 7.18. The van der Waals surface area contributed by atoms with E-state index in [-0.39, 0.29) is 24.2 Å². The minimum absolute atomic E-state index is 0. The molecule has 4 N–H and O–H groups in total. The minimum atomic E-state index is -4.38. The number of ether oxygens (including phenoxy) is 1. The number of methoxy groups -OCH3 is 1. The summed E-state index contributed by atoms with van der Waals surface area (Å²) in [5.41, 5.74) is 11.1. The summed E-state index contributed by atoms with van der Waals surface area (Å²) < 4.78 is 42.6. The number of nitrogens with two attached hydrogens (primary N) is 2.